The molecule has 0 spiro atoms. The Hall–Kier alpha value is -2.49. The maximum Gasteiger partial charge on any atom is 0.137 e. The van der Waals surface area contributed by atoms with Gasteiger partial charge in [0.1, 0.15) is 36.5 Å². The molecule has 40 heavy (non-hydrogen) atoms. The van der Waals surface area contributed by atoms with Crippen LogP contribution in [-0.4, -0.2) is 39.7 Å². The minimum absolute atomic E-state index is 0.174. The van der Waals surface area contributed by atoms with Crippen LogP contribution in [0.1, 0.15) is 57.1 Å². The van der Waals surface area contributed by atoms with Crippen molar-refractivity contribution in [3.05, 3.63) is 94.0 Å². The van der Waals surface area contributed by atoms with Crippen molar-refractivity contribution in [2.45, 2.75) is 70.2 Å². The Morgan fingerprint density at radius 1 is 0.900 bits per heavy atom. The fraction of sp³-hybridized carbons (Fsp3) is 0.448. The van der Waals surface area contributed by atoms with Gasteiger partial charge in [-0.15, -0.1) is 0 Å². The summed E-state index contributed by atoms with van der Waals surface area (Å²) in [6.07, 6.45) is 11.0. The molecule has 0 bridgehead atoms. The minimum Gasteiger partial charge on any atom is -0.383 e. The molecule has 0 amide bonds. The summed E-state index contributed by atoms with van der Waals surface area (Å²) in [6, 6.07) is 12.6. The third-order valence-electron chi connectivity index (χ3n) is 7.56. The van der Waals surface area contributed by atoms with Gasteiger partial charge in [0, 0.05) is 20.6 Å². The topological polar surface area (TPSA) is 102 Å². The molecule has 3 atom stereocenters. The van der Waals surface area contributed by atoms with E-state index in [2.05, 4.69) is 34.0 Å². The molecule has 2 heterocycles. The highest BCUT2D eigenvalue weighted by atomic mass is 35.5. The molecule has 0 saturated heterocycles. The van der Waals surface area contributed by atoms with E-state index < -0.39 is 11.2 Å². The predicted octanol–water partition coefficient (Wildman–Crippen LogP) is 6.53. The molecule has 2 N–H and O–H groups in total. The third kappa shape index (κ3) is 7.62. The van der Waals surface area contributed by atoms with Crippen LogP contribution in [0.3, 0.4) is 0 Å². The fourth-order valence-electron chi connectivity index (χ4n) is 5.00. The van der Waals surface area contributed by atoms with Crippen LogP contribution in [0.4, 0.5) is 0 Å². The summed E-state index contributed by atoms with van der Waals surface area (Å²) in [4.78, 5) is 7.86. The number of benzene rings is 2. The van der Waals surface area contributed by atoms with Gasteiger partial charge >= 0.3 is 0 Å². The van der Waals surface area contributed by atoms with E-state index in [0.29, 0.717) is 46.1 Å². The van der Waals surface area contributed by atoms with Gasteiger partial charge in [-0.3, -0.25) is 0 Å². The van der Waals surface area contributed by atoms with Crippen molar-refractivity contribution >= 4 is 34.8 Å². The summed E-state index contributed by atoms with van der Waals surface area (Å²) in [5, 5.41) is 32.2. The van der Waals surface area contributed by atoms with Crippen LogP contribution < -0.4 is 0 Å². The summed E-state index contributed by atoms with van der Waals surface area (Å²) in [7, 11) is 0. The number of nitrogens with zero attached hydrogens (tertiary/aromatic N) is 6. The van der Waals surface area contributed by atoms with Crippen LogP contribution in [0.5, 0.6) is 0 Å². The van der Waals surface area contributed by atoms with Crippen LogP contribution >= 0.6 is 34.8 Å². The summed E-state index contributed by atoms with van der Waals surface area (Å²) >= 11 is 18.1. The summed E-state index contributed by atoms with van der Waals surface area (Å²) in [5.74, 6) is 0.757. The Labute approximate surface area is 249 Å². The number of unbranched alkanes of at least 4 members (excludes halogenated alkanes) is 1. The van der Waals surface area contributed by atoms with Gasteiger partial charge in [-0.05, 0) is 60.9 Å². The first-order chi connectivity index (χ1) is 19.1. The van der Waals surface area contributed by atoms with Gasteiger partial charge in [-0.1, -0.05) is 79.7 Å². The largest absolute Gasteiger partial charge is 0.383 e. The van der Waals surface area contributed by atoms with E-state index in [9.17, 15) is 10.2 Å². The van der Waals surface area contributed by atoms with Gasteiger partial charge in [-0.25, -0.2) is 19.3 Å². The zero-order valence-electron chi connectivity index (χ0n) is 22.7. The fourth-order valence-corrected chi connectivity index (χ4v) is 5.71. The van der Waals surface area contributed by atoms with Crippen molar-refractivity contribution in [1.29, 1.82) is 0 Å². The summed E-state index contributed by atoms with van der Waals surface area (Å²) in [6.45, 7) is 4.92. The van der Waals surface area contributed by atoms with Gasteiger partial charge in [0.2, 0.25) is 0 Å². The molecular formula is C29H35Cl3N6O2. The molecule has 3 unspecified atom stereocenters. The van der Waals surface area contributed by atoms with Crippen LogP contribution in [0, 0.1) is 11.8 Å². The van der Waals surface area contributed by atoms with Crippen molar-refractivity contribution in [3.63, 3.8) is 0 Å². The average molecular weight is 606 g/mol. The molecule has 2 aromatic carbocycles. The van der Waals surface area contributed by atoms with Gasteiger partial charge in [0.15, 0.2) is 0 Å². The van der Waals surface area contributed by atoms with Crippen LogP contribution in [0.2, 0.25) is 15.1 Å². The molecular weight excluding hydrogens is 571 g/mol. The predicted molar refractivity (Wildman–Crippen MR) is 157 cm³/mol. The van der Waals surface area contributed by atoms with Crippen LogP contribution in [0.25, 0.3) is 0 Å². The lowest BCUT2D eigenvalue weighted by molar-refractivity contribution is -0.0442. The highest BCUT2D eigenvalue weighted by Gasteiger charge is 2.44. The Morgan fingerprint density at radius 3 is 2.02 bits per heavy atom. The lowest BCUT2D eigenvalue weighted by Gasteiger charge is -2.35. The Morgan fingerprint density at radius 2 is 1.50 bits per heavy atom. The molecule has 0 aliphatic heterocycles. The second kappa shape index (κ2) is 13.4. The van der Waals surface area contributed by atoms with Crippen LogP contribution in [-0.2, 0) is 24.3 Å². The molecule has 1 fully saturated rings. The van der Waals surface area contributed by atoms with E-state index in [0.717, 1.165) is 18.4 Å². The smallest absolute Gasteiger partial charge is 0.137 e. The normalized spacial score (nSPS) is 16.9. The number of hydrogen-bond donors (Lipinski definition) is 2. The van der Waals surface area contributed by atoms with Crippen molar-refractivity contribution < 1.29 is 10.2 Å². The highest BCUT2D eigenvalue weighted by Crippen LogP contribution is 2.46. The number of aliphatic hydroxyl groups is 2. The zero-order chi connectivity index (χ0) is 28.8. The number of aromatic nitrogens is 6. The minimum atomic E-state index is -1.08. The lowest BCUT2D eigenvalue weighted by atomic mass is 9.79. The highest BCUT2D eigenvalue weighted by molar-refractivity contribution is 6.35. The quantitative estimate of drug-likeness (QED) is 0.202. The molecule has 1 aliphatic carbocycles. The van der Waals surface area contributed by atoms with Crippen LogP contribution in [0.15, 0.2) is 67.8 Å². The molecule has 8 nitrogen and oxygen atoms in total. The Kier molecular flexibility index (Phi) is 10.2. The molecule has 1 aliphatic rings. The first-order valence-electron chi connectivity index (χ1n) is 13.5. The summed E-state index contributed by atoms with van der Waals surface area (Å²) < 4.78 is 3.30. The molecule has 0 radical (unpaired) electrons. The van der Waals surface area contributed by atoms with Gasteiger partial charge in [0.25, 0.3) is 0 Å². The van der Waals surface area contributed by atoms with E-state index in [1.165, 1.54) is 25.5 Å². The summed E-state index contributed by atoms with van der Waals surface area (Å²) in [5.41, 5.74) is -0.463. The molecule has 4 aromatic rings. The molecule has 11 heteroatoms. The maximum absolute atomic E-state index is 11.3. The number of rotatable bonds is 11. The lowest BCUT2D eigenvalue weighted by Crippen LogP contribution is -2.39. The van der Waals surface area contributed by atoms with Crippen molar-refractivity contribution in [1.82, 2.24) is 29.5 Å². The average Bonchev–Trinajstić information content (AvgIpc) is 3.41. The van der Waals surface area contributed by atoms with Crippen molar-refractivity contribution in [2.24, 2.45) is 11.8 Å². The molecule has 2 aromatic heterocycles. The first kappa shape index (κ1) is 30.5. The SMILES string of the molecule is CC(C1CC1)C(O)(Cn1cncn1)c1ccc(Cl)cc1.CCCCC(O)(Cn1cncn1)c1ccc(Cl)cc1Cl. The second-order valence-electron chi connectivity index (χ2n) is 10.5. The van der Waals surface area contributed by atoms with Crippen molar-refractivity contribution in [2.75, 3.05) is 0 Å². The molecule has 214 valence electrons. The van der Waals surface area contributed by atoms with Gasteiger partial charge in [0.05, 0.1) is 13.1 Å². The van der Waals surface area contributed by atoms with Gasteiger partial charge < -0.3 is 10.2 Å². The Bertz CT molecular complexity index is 1330. The second-order valence-corrected chi connectivity index (χ2v) is 11.8. The molecule has 1 saturated carbocycles. The van der Waals surface area contributed by atoms with E-state index >= 15 is 0 Å². The zero-order valence-corrected chi connectivity index (χ0v) is 24.9. The standard InChI is InChI=1S/C15H18ClN3O.C14H17Cl2N3O/c1-11(12-2-3-12)15(20,8-19-10-17-9-18-19)13-4-6-14(16)7-5-13;1-2-3-6-14(20,8-19-10-17-9-18-19)12-5-4-11(15)7-13(12)16/h4-7,9-12,20H,2-3,8H2,1H3;4-5,7,9-10,20H,2-3,6,8H2,1H3. The monoisotopic (exact) mass is 604 g/mol. The Balaban J connectivity index is 0.000000185. The van der Waals surface area contributed by atoms with E-state index in [-0.39, 0.29) is 5.92 Å². The van der Waals surface area contributed by atoms with Crippen molar-refractivity contribution in [3.8, 4) is 0 Å². The maximum atomic E-state index is 11.3. The van der Waals surface area contributed by atoms with E-state index in [1.807, 2.05) is 24.3 Å². The number of hydrogen-bond acceptors (Lipinski definition) is 6. The van der Waals surface area contributed by atoms with E-state index in [4.69, 9.17) is 34.8 Å². The third-order valence-corrected chi connectivity index (χ3v) is 8.36. The van der Waals surface area contributed by atoms with E-state index in [1.54, 1.807) is 40.2 Å². The first-order valence-corrected chi connectivity index (χ1v) is 14.6. The number of halogens is 3. The van der Waals surface area contributed by atoms with Gasteiger partial charge in [-0.2, -0.15) is 10.2 Å². The molecule has 5 rings (SSSR count).